The highest BCUT2D eigenvalue weighted by Gasteiger charge is 2.37. The Kier molecular flexibility index (Phi) is 4.63. The zero-order valence-corrected chi connectivity index (χ0v) is 13.1. The van der Waals surface area contributed by atoms with Gasteiger partial charge in [0.05, 0.1) is 25.2 Å². The molecule has 1 heterocycles. The monoisotopic (exact) mass is 311 g/mol. The van der Waals surface area contributed by atoms with Gasteiger partial charge in [-0.25, -0.2) is 0 Å². The summed E-state index contributed by atoms with van der Waals surface area (Å²) in [6, 6.07) is 7.58. The number of amides is 1. The highest BCUT2D eigenvalue weighted by Crippen LogP contribution is 2.35. The van der Waals surface area contributed by atoms with Crippen molar-refractivity contribution in [3.05, 3.63) is 66.3 Å². The Morgan fingerprint density at radius 1 is 1.22 bits per heavy atom. The topological polar surface area (TPSA) is 49.8 Å². The number of likely N-dealkylation sites (tertiary alicyclic amines) is 1. The number of ether oxygens (including phenoxy) is 1. The van der Waals surface area contributed by atoms with Crippen LogP contribution in [0.1, 0.15) is 18.0 Å². The quantitative estimate of drug-likeness (QED) is 0.933. The molecule has 3 rings (SSSR count). The van der Waals surface area contributed by atoms with Gasteiger partial charge in [0.2, 0.25) is 5.91 Å². The molecular weight excluding hydrogens is 290 g/mol. The lowest BCUT2D eigenvalue weighted by Crippen LogP contribution is -2.35. The third-order valence-corrected chi connectivity index (χ3v) is 4.30. The molecule has 0 bridgehead atoms. The molecule has 23 heavy (non-hydrogen) atoms. The summed E-state index contributed by atoms with van der Waals surface area (Å²) >= 11 is 0. The fourth-order valence-electron chi connectivity index (χ4n) is 3.14. The number of rotatable bonds is 3. The second-order valence-electron chi connectivity index (χ2n) is 5.85. The second kappa shape index (κ2) is 6.84. The first kappa shape index (κ1) is 15.6. The smallest absolute Gasteiger partial charge is 0.233 e. The van der Waals surface area contributed by atoms with Gasteiger partial charge in [0, 0.05) is 6.54 Å². The molecule has 1 aliphatic carbocycles. The van der Waals surface area contributed by atoms with E-state index in [1.54, 1.807) is 12.0 Å². The van der Waals surface area contributed by atoms with E-state index in [4.69, 9.17) is 4.74 Å². The highest BCUT2D eigenvalue weighted by molar-refractivity contribution is 5.83. The van der Waals surface area contributed by atoms with Gasteiger partial charge in [-0.3, -0.25) is 4.79 Å². The maximum absolute atomic E-state index is 12.9. The van der Waals surface area contributed by atoms with Crippen LogP contribution in [0.4, 0.5) is 0 Å². The number of aliphatic hydroxyl groups is 1. The Bertz CT molecular complexity index is 646. The number of nitrogens with zero attached hydrogens (tertiary/aromatic N) is 1. The average Bonchev–Trinajstić information content (AvgIpc) is 2.79. The van der Waals surface area contributed by atoms with Gasteiger partial charge in [-0.1, -0.05) is 48.6 Å². The number of hydrogen-bond acceptors (Lipinski definition) is 3. The van der Waals surface area contributed by atoms with Crippen molar-refractivity contribution in [2.75, 3.05) is 13.7 Å². The van der Waals surface area contributed by atoms with E-state index in [1.807, 2.05) is 60.7 Å². The Hall–Kier alpha value is -2.33. The normalized spacial score (nSPS) is 24.0. The van der Waals surface area contributed by atoms with Crippen molar-refractivity contribution in [2.45, 2.75) is 18.6 Å². The molecule has 1 aliphatic heterocycles. The molecule has 0 spiro atoms. The summed E-state index contributed by atoms with van der Waals surface area (Å²) in [6.07, 6.45) is 11.4. The molecule has 0 radical (unpaired) electrons. The van der Waals surface area contributed by atoms with Crippen LogP contribution in [0.3, 0.4) is 0 Å². The molecule has 1 fully saturated rings. The fourth-order valence-corrected chi connectivity index (χ4v) is 3.14. The van der Waals surface area contributed by atoms with Crippen molar-refractivity contribution in [3.63, 3.8) is 0 Å². The van der Waals surface area contributed by atoms with Crippen molar-refractivity contribution in [3.8, 4) is 5.75 Å². The Morgan fingerprint density at radius 3 is 2.65 bits per heavy atom. The van der Waals surface area contributed by atoms with Crippen molar-refractivity contribution in [1.82, 2.24) is 4.90 Å². The van der Waals surface area contributed by atoms with Crippen LogP contribution in [-0.2, 0) is 4.79 Å². The predicted molar refractivity (Wildman–Crippen MR) is 89.0 cm³/mol. The van der Waals surface area contributed by atoms with Crippen molar-refractivity contribution >= 4 is 5.91 Å². The first-order valence-electron chi connectivity index (χ1n) is 7.83. The minimum atomic E-state index is -0.494. The first-order chi connectivity index (χ1) is 11.2. The van der Waals surface area contributed by atoms with Crippen molar-refractivity contribution in [2.24, 2.45) is 5.92 Å². The van der Waals surface area contributed by atoms with Crippen LogP contribution in [0, 0.1) is 5.92 Å². The van der Waals surface area contributed by atoms with Gasteiger partial charge in [-0.2, -0.15) is 0 Å². The fraction of sp³-hybridized carbons (Fsp3) is 0.316. The number of hydrogen-bond donors (Lipinski definition) is 1. The number of carbonyl (C=O) groups excluding carboxylic acids is 1. The van der Waals surface area contributed by atoms with Crippen LogP contribution in [-0.4, -0.2) is 35.7 Å². The molecule has 0 saturated carbocycles. The summed E-state index contributed by atoms with van der Waals surface area (Å²) in [5, 5.41) is 10.1. The van der Waals surface area contributed by atoms with E-state index in [2.05, 4.69) is 0 Å². The van der Waals surface area contributed by atoms with E-state index in [0.717, 1.165) is 11.3 Å². The van der Waals surface area contributed by atoms with Crippen LogP contribution < -0.4 is 4.74 Å². The standard InChI is InChI=1S/C19H21NO3/c1-23-17-10-6-9-15(11-17)18-12-16(21)13-20(18)19(22)14-7-4-2-3-5-8-14/h2-11,14,16,18,21H,12-13H2,1H3/t16-,18-/m1/s1. The molecule has 2 aliphatic rings. The maximum atomic E-state index is 12.9. The van der Waals surface area contributed by atoms with Gasteiger partial charge in [-0.05, 0) is 24.1 Å². The summed E-state index contributed by atoms with van der Waals surface area (Å²) < 4.78 is 5.27. The van der Waals surface area contributed by atoms with Gasteiger partial charge < -0.3 is 14.7 Å². The molecule has 4 heteroatoms. The van der Waals surface area contributed by atoms with Crippen LogP contribution in [0.5, 0.6) is 5.75 Å². The summed E-state index contributed by atoms with van der Waals surface area (Å²) in [5.74, 6) is 0.490. The van der Waals surface area contributed by atoms with Gasteiger partial charge in [-0.15, -0.1) is 0 Å². The van der Waals surface area contributed by atoms with Gasteiger partial charge >= 0.3 is 0 Å². The second-order valence-corrected chi connectivity index (χ2v) is 5.85. The van der Waals surface area contributed by atoms with Crippen molar-refractivity contribution in [1.29, 1.82) is 0 Å². The number of allylic oxidation sites excluding steroid dienone is 4. The van der Waals surface area contributed by atoms with E-state index in [9.17, 15) is 9.90 Å². The molecule has 1 saturated heterocycles. The number of β-amino-alcohol motifs (C(OH)–C–C–N with tert-alkyl or cyclic N) is 1. The lowest BCUT2D eigenvalue weighted by atomic mass is 10.0. The van der Waals surface area contributed by atoms with Crippen LogP contribution >= 0.6 is 0 Å². The minimum absolute atomic E-state index is 0.0190. The molecule has 120 valence electrons. The molecule has 1 aromatic rings. The number of aliphatic hydroxyl groups excluding tert-OH is 1. The zero-order chi connectivity index (χ0) is 16.2. The minimum Gasteiger partial charge on any atom is -0.497 e. The molecule has 0 unspecified atom stereocenters. The number of methoxy groups -OCH3 is 1. The molecule has 1 amide bonds. The molecule has 1 aromatic carbocycles. The molecular formula is C19H21NO3. The third-order valence-electron chi connectivity index (χ3n) is 4.30. The summed E-state index contributed by atoms with van der Waals surface area (Å²) in [5.41, 5.74) is 0.994. The summed E-state index contributed by atoms with van der Waals surface area (Å²) in [7, 11) is 1.62. The molecule has 2 atom stereocenters. The predicted octanol–water partition coefficient (Wildman–Crippen LogP) is 2.63. The SMILES string of the molecule is COc1cccc([C@H]2C[C@@H](O)CN2C(=O)C2C=CC=CC=C2)c1. The van der Waals surface area contributed by atoms with E-state index in [-0.39, 0.29) is 17.9 Å². The average molecular weight is 311 g/mol. The van der Waals surface area contributed by atoms with Crippen LogP contribution in [0.2, 0.25) is 0 Å². The summed E-state index contributed by atoms with van der Waals surface area (Å²) in [6.45, 7) is 0.367. The van der Waals surface area contributed by atoms with Crippen molar-refractivity contribution < 1.29 is 14.6 Å². The largest absolute Gasteiger partial charge is 0.497 e. The van der Waals surface area contributed by atoms with Gasteiger partial charge in [0.25, 0.3) is 0 Å². The molecule has 1 N–H and O–H groups in total. The maximum Gasteiger partial charge on any atom is 0.233 e. The van der Waals surface area contributed by atoms with Crippen LogP contribution in [0.25, 0.3) is 0 Å². The van der Waals surface area contributed by atoms with E-state index < -0.39 is 6.10 Å². The molecule has 0 aromatic heterocycles. The lowest BCUT2D eigenvalue weighted by Gasteiger charge is -2.27. The molecule has 4 nitrogen and oxygen atoms in total. The summed E-state index contributed by atoms with van der Waals surface area (Å²) in [4.78, 5) is 14.7. The Morgan fingerprint density at radius 2 is 1.96 bits per heavy atom. The Labute approximate surface area is 136 Å². The number of benzene rings is 1. The van der Waals surface area contributed by atoms with Gasteiger partial charge in [0.15, 0.2) is 0 Å². The van der Waals surface area contributed by atoms with Gasteiger partial charge in [0.1, 0.15) is 5.75 Å². The van der Waals surface area contributed by atoms with E-state index in [1.165, 1.54) is 0 Å². The Balaban J connectivity index is 1.85. The first-order valence-corrected chi connectivity index (χ1v) is 7.83. The third kappa shape index (κ3) is 3.37. The number of carbonyl (C=O) groups is 1. The van der Waals surface area contributed by atoms with E-state index >= 15 is 0 Å². The highest BCUT2D eigenvalue weighted by atomic mass is 16.5. The van der Waals surface area contributed by atoms with Crippen LogP contribution in [0.15, 0.2) is 60.7 Å². The lowest BCUT2D eigenvalue weighted by molar-refractivity contribution is -0.134. The van der Waals surface area contributed by atoms with E-state index in [0.29, 0.717) is 13.0 Å². The zero-order valence-electron chi connectivity index (χ0n) is 13.1.